The number of rotatable bonds is 5. The number of phenolic OH excluding ortho intramolecular Hbond substituents is 1. The predicted molar refractivity (Wildman–Crippen MR) is 174 cm³/mol. The zero-order valence-electron chi connectivity index (χ0n) is 26.4. The molecule has 3 heterocycles. The Labute approximate surface area is 288 Å². The lowest BCUT2D eigenvalue weighted by atomic mass is 9.56. The van der Waals surface area contributed by atoms with Crippen LogP contribution in [0.25, 0.3) is 0 Å². The molecule has 14 heteroatoms. The van der Waals surface area contributed by atoms with Crippen LogP contribution in [-0.2, 0) is 25.6 Å². The third kappa shape index (κ3) is 4.70. The number of benzene rings is 3. The van der Waals surface area contributed by atoms with Crippen molar-refractivity contribution >= 4 is 46.9 Å². The normalized spacial score (nSPS) is 26.4. The van der Waals surface area contributed by atoms with Crippen LogP contribution in [0.5, 0.6) is 23.0 Å². The topological polar surface area (TPSA) is 219 Å². The van der Waals surface area contributed by atoms with E-state index in [1.165, 1.54) is 30.5 Å². The highest BCUT2D eigenvalue weighted by atomic mass is 16.5. The molecule has 0 unspecified atom stereocenters. The van der Waals surface area contributed by atoms with Crippen LogP contribution in [0.2, 0.25) is 0 Å². The van der Waals surface area contributed by atoms with Crippen molar-refractivity contribution < 1.29 is 59.0 Å². The van der Waals surface area contributed by atoms with E-state index in [1.54, 1.807) is 6.07 Å². The van der Waals surface area contributed by atoms with Crippen LogP contribution in [0.3, 0.4) is 0 Å². The van der Waals surface area contributed by atoms with Gasteiger partial charge in [0, 0.05) is 30.0 Å². The minimum Gasteiger partial charge on any atom is -0.508 e. The summed E-state index contributed by atoms with van der Waals surface area (Å²) in [6.45, 7) is 0. The number of allylic oxidation sites excluding steroid dienone is 3. The van der Waals surface area contributed by atoms with Crippen LogP contribution in [-0.4, -0.2) is 61.1 Å². The maximum atomic E-state index is 14.4. The van der Waals surface area contributed by atoms with Crippen LogP contribution in [0.15, 0.2) is 78.1 Å². The number of phenols is 3. The first-order chi connectivity index (χ1) is 24.3. The second-order valence-electron chi connectivity index (χ2n) is 13.3. The van der Waals surface area contributed by atoms with E-state index in [2.05, 4.69) is 0 Å². The van der Waals surface area contributed by atoms with E-state index in [0.717, 1.165) is 34.1 Å². The Hall–Kier alpha value is -6.44. The second-order valence-corrected chi connectivity index (χ2v) is 13.3. The standard InChI is InChI=1S/C37H28N2O12/c40-19-3-8-28-15(10-19)9-16(14-51-28)29-20-6-7-23-30(34(45)38(32(23)43)17-1-4-21(36(47)48)26(41)11-17)24(20)13-25-31(29)35(46)39(33(25)44)18-2-5-22(37(49)50)27(42)12-18/h1-6,8,10-12,14,23-25,29-31,40-42H,7,9,13H2,(H,47,48)(H,49,50)/t23-,24+,25+,29-,30-,31+/m0/s1. The molecule has 4 amide bonds. The van der Waals surface area contributed by atoms with E-state index in [1.807, 2.05) is 6.08 Å². The molecule has 5 aliphatic rings. The number of ether oxygens (including phenoxy) is 1. The quantitative estimate of drug-likeness (QED) is 0.191. The van der Waals surface area contributed by atoms with Gasteiger partial charge in [0.15, 0.2) is 0 Å². The maximum absolute atomic E-state index is 14.4. The van der Waals surface area contributed by atoms with Crippen molar-refractivity contribution in [3.05, 3.63) is 94.8 Å². The molecular weight excluding hydrogens is 664 g/mol. The number of carbonyl (C=O) groups is 6. The Kier molecular flexibility index (Phi) is 7.05. The molecule has 0 aromatic heterocycles. The fourth-order valence-electron chi connectivity index (χ4n) is 8.60. The number of fused-ring (bicyclic) bond motifs is 5. The lowest BCUT2D eigenvalue weighted by Crippen LogP contribution is -2.45. The molecule has 0 radical (unpaired) electrons. The Morgan fingerprint density at radius 2 is 1.27 bits per heavy atom. The third-order valence-electron chi connectivity index (χ3n) is 10.8. The fraction of sp³-hybridized carbons (Fsp3) is 0.243. The number of anilines is 2. The first kappa shape index (κ1) is 31.8. The molecule has 1 saturated carbocycles. The van der Waals surface area contributed by atoms with Crippen molar-refractivity contribution in [2.75, 3.05) is 9.80 Å². The SMILES string of the molecule is O=C(O)c1ccc(N2C(=O)[C@H]3[C@H](CC=C4[C@H](C5=COc6ccc(O)cc6C5)[C@@H]5C(=O)N(c6ccc(C(=O)O)c(O)c6)C(=O)[C@@H]5C[C@H]43)C2=O)cc1O. The highest BCUT2D eigenvalue weighted by molar-refractivity contribution is 6.24. The maximum Gasteiger partial charge on any atom is 0.339 e. The summed E-state index contributed by atoms with van der Waals surface area (Å²) in [5.74, 6) is -11.1. The van der Waals surface area contributed by atoms with Gasteiger partial charge >= 0.3 is 11.9 Å². The van der Waals surface area contributed by atoms with Gasteiger partial charge in [0.05, 0.1) is 41.3 Å². The number of nitrogens with zero attached hydrogens (tertiary/aromatic N) is 2. The van der Waals surface area contributed by atoms with Crippen molar-refractivity contribution in [1.82, 2.24) is 0 Å². The summed E-state index contributed by atoms with van der Waals surface area (Å²) < 4.78 is 5.94. The monoisotopic (exact) mass is 692 g/mol. The van der Waals surface area contributed by atoms with Crippen LogP contribution in [0.1, 0.15) is 39.1 Å². The molecule has 3 fully saturated rings. The van der Waals surface area contributed by atoms with Crippen LogP contribution in [0.4, 0.5) is 11.4 Å². The number of aromatic hydroxyl groups is 3. The molecule has 5 N–H and O–H groups in total. The lowest BCUT2D eigenvalue weighted by Gasteiger charge is -2.45. The smallest absolute Gasteiger partial charge is 0.339 e. The fourth-order valence-corrected chi connectivity index (χ4v) is 8.60. The number of hydrogen-bond acceptors (Lipinski definition) is 10. The van der Waals surface area contributed by atoms with Crippen molar-refractivity contribution in [3.8, 4) is 23.0 Å². The first-order valence-corrected chi connectivity index (χ1v) is 16.1. The third-order valence-corrected chi connectivity index (χ3v) is 10.8. The molecule has 2 saturated heterocycles. The van der Waals surface area contributed by atoms with E-state index in [0.29, 0.717) is 22.5 Å². The average molecular weight is 693 g/mol. The molecule has 3 aliphatic heterocycles. The van der Waals surface area contributed by atoms with E-state index < -0.39 is 93.7 Å². The molecule has 3 aromatic rings. The molecule has 51 heavy (non-hydrogen) atoms. The average Bonchev–Trinajstić information content (AvgIpc) is 3.49. The first-order valence-electron chi connectivity index (χ1n) is 16.1. The van der Waals surface area contributed by atoms with E-state index >= 15 is 0 Å². The Morgan fingerprint density at radius 1 is 0.686 bits per heavy atom. The van der Waals surface area contributed by atoms with Gasteiger partial charge in [-0.3, -0.25) is 19.2 Å². The molecule has 0 spiro atoms. The van der Waals surface area contributed by atoms with Gasteiger partial charge in [-0.15, -0.1) is 0 Å². The summed E-state index contributed by atoms with van der Waals surface area (Å²) in [6, 6.07) is 11.4. The minimum absolute atomic E-state index is 0.00166. The number of amides is 4. The van der Waals surface area contributed by atoms with Crippen molar-refractivity contribution in [3.63, 3.8) is 0 Å². The van der Waals surface area contributed by atoms with Gasteiger partial charge in [0.1, 0.15) is 34.1 Å². The van der Waals surface area contributed by atoms with Gasteiger partial charge in [-0.2, -0.15) is 0 Å². The van der Waals surface area contributed by atoms with E-state index in [-0.39, 0.29) is 36.4 Å². The van der Waals surface area contributed by atoms with Crippen LogP contribution < -0.4 is 14.5 Å². The van der Waals surface area contributed by atoms with E-state index in [9.17, 15) is 54.3 Å². The predicted octanol–water partition coefficient (Wildman–Crippen LogP) is 3.60. The molecule has 14 nitrogen and oxygen atoms in total. The molecular formula is C37H28N2O12. The van der Waals surface area contributed by atoms with Gasteiger partial charge < -0.3 is 30.3 Å². The number of carboxylic acid groups (broad SMARTS) is 2. The van der Waals surface area contributed by atoms with Crippen molar-refractivity contribution in [2.24, 2.45) is 35.5 Å². The van der Waals surface area contributed by atoms with Crippen LogP contribution in [0, 0.1) is 35.5 Å². The molecule has 258 valence electrons. The highest BCUT2D eigenvalue weighted by Gasteiger charge is 2.62. The Balaban J connectivity index is 1.21. The molecule has 8 rings (SSSR count). The lowest BCUT2D eigenvalue weighted by molar-refractivity contribution is -0.126. The largest absolute Gasteiger partial charge is 0.508 e. The van der Waals surface area contributed by atoms with E-state index in [4.69, 9.17) is 4.74 Å². The number of carboxylic acids is 2. The molecule has 6 atom stereocenters. The molecule has 2 aliphatic carbocycles. The number of carbonyl (C=O) groups excluding carboxylic acids is 4. The van der Waals surface area contributed by atoms with Gasteiger partial charge in [-0.05, 0) is 66.8 Å². The number of aromatic carboxylic acids is 2. The van der Waals surface area contributed by atoms with Gasteiger partial charge in [-0.1, -0.05) is 11.6 Å². The van der Waals surface area contributed by atoms with Crippen molar-refractivity contribution in [2.45, 2.75) is 19.3 Å². The summed E-state index contributed by atoms with van der Waals surface area (Å²) in [7, 11) is 0. The van der Waals surface area contributed by atoms with Gasteiger partial charge in [-0.25, -0.2) is 19.4 Å². The van der Waals surface area contributed by atoms with Gasteiger partial charge in [0.2, 0.25) is 23.6 Å². The zero-order valence-corrected chi connectivity index (χ0v) is 26.4. The summed E-state index contributed by atoms with van der Waals surface area (Å²) in [6.07, 6.45) is 3.73. The number of hydrogen-bond donors (Lipinski definition) is 5. The summed E-state index contributed by atoms with van der Waals surface area (Å²) in [5, 5.41) is 49.7. The Bertz CT molecular complexity index is 2200. The second kappa shape index (κ2) is 11.3. The minimum atomic E-state index is -1.40. The molecule has 3 aromatic carbocycles. The summed E-state index contributed by atoms with van der Waals surface area (Å²) in [4.78, 5) is 81.5. The number of imide groups is 2. The zero-order chi connectivity index (χ0) is 36.0. The van der Waals surface area contributed by atoms with Gasteiger partial charge in [0.25, 0.3) is 0 Å². The van der Waals surface area contributed by atoms with Crippen molar-refractivity contribution in [1.29, 1.82) is 0 Å². The highest BCUT2D eigenvalue weighted by Crippen LogP contribution is 2.58. The molecule has 0 bridgehead atoms. The Morgan fingerprint density at radius 3 is 1.86 bits per heavy atom. The summed E-state index contributed by atoms with van der Waals surface area (Å²) in [5.41, 5.74) is 1.06. The van der Waals surface area contributed by atoms with Crippen LogP contribution >= 0.6 is 0 Å². The summed E-state index contributed by atoms with van der Waals surface area (Å²) >= 11 is 0.